The van der Waals surface area contributed by atoms with Crippen LogP contribution in [0.15, 0.2) is 0 Å². The molecule has 98 valence electrons. The van der Waals surface area contributed by atoms with Gasteiger partial charge in [-0.15, -0.1) is 0 Å². The Kier molecular flexibility index (Phi) is 8.35. The number of hydrogen-bond donors (Lipinski definition) is 2. The van der Waals surface area contributed by atoms with Gasteiger partial charge >= 0.3 is 0 Å². The lowest BCUT2D eigenvalue weighted by atomic mass is 10.5. The number of carboxylic acid groups (broad SMARTS) is 1. The van der Waals surface area contributed by atoms with Crippen LogP contribution in [0.2, 0.25) is 0 Å². The summed E-state index contributed by atoms with van der Waals surface area (Å²) in [6.45, 7) is 0.361. The first-order valence-corrected chi connectivity index (χ1v) is 6.24. The molecule has 8 heteroatoms. The van der Waals surface area contributed by atoms with Crippen LogP contribution in [0, 0.1) is 0 Å². The number of quaternary nitrogens is 1. The molecule has 0 aliphatic heterocycles. The van der Waals surface area contributed by atoms with Crippen LogP contribution in [0.25, 0.3) is 0 Å². The average molecular weight is 256 g/mol. The second-order valence-corrected chi connectivity index (χ2v) is 5.82. The van der Waals surface area contributed by atoms with Crippen molar-refractivity contribution in [2.75, 3.05) is 40.0 Å². The van der Waals surface area contributed by atoms with Gasteiger partial charge in [-0.05, 0) is 13.0 Å². The van der Waals surface area contributed by atoms with Gasteiger partial charge in [-0.2, -0.15) is 8.42 Å². The topological polar surface area (TPSA) is 121 Å². The van der Waals surface area contributed by atoms with Gasteiger partial charge in [0, 0.05) is 0 Å². The summed E-state index contributed by atoms with van der Waals surface area (Å²) in [5.41, 5.74) is 4.96. The highest BCUT2D eigenvalue weighted by Crippen LogP contribution is 1.85. The van der Waals surface area contributed by atoms with E-state index in [1.807, 2.05) is 0 Å². The molecule has 0 amide bonds. The van der Waals surface area contributed by atoms with Crippen molar-refractivity contribution >= 4 is 16.1 Å². The third-order valence-electron chi connectivity index (χ3n) is 1.21. The first-order valence-electron chi connectivity index (χ1n) is 4.63. The van der Waals surface area contributed by atoms with Crippen LogP contribution in [0.3, 0.4) is 0 Å². The highest BCUT2D eigenvalue weighted by atomic mass is 32.2. The van der Waals surface area contributed by atoms with Crippen LogP contribution >= 0.6 is 0 Å². The van der Waals surface area contributed by atoms with Crippen molar-refractivity contribution < 1.29 is 27.4 Å². The maximum atomic E-state index is 9.89. The molecular formula is C8H20N2O5S. The van der Waals surface area contributed by atoms with Crippen LogP contribution in [0.1, 0.15) is 6.42 Å². The first-order chi connectivity index (χ1) is 6.98. The van der Waals surface area contributed by atoms with E-state index in [1.54, 1.807) is 21.1 Å². The summed E-state index contributed by atoms with van der Waals surface area (Å²) in [6, 6.07) is 0. The molecule has 7 nitrogen and oxygen atoms in total. The summed E-state index contributed by atoms with van der Waals surface area (Å²) in [5.74, 6) is -1.23. The van der Waals surface area contributed by atoms with Gasteiger partial charge in [0.25, 0.3) is 10.1 Å². The van der Waals surface area contributed by atoms with E-state index in [4.69, 9.17) is 10.3 Å². The monoisotopic (exact) mass is 256 g/mol. The summed E-state index contributed by atoms with van der Waals surface area (Å²) >= 11 is 0. The van der Waals surface area contributed by atoms with E-state index in [9.17, 15) is 18.3 Å². The lowest BCUT2D eigenvalue weighted by Crippen LogP contribution is -2.45. The Bertz CT molecular complexity index is 294. The number of nitrogens with zero attached hydrogens (tertiary/aromatic N) is 1. The molecule has 0 aromatic heterocycles. The van der Waals surface area contributed by atoms with Gasteiger partial charge in [0.15, 0.2) is 0 Å². The highest BCUT2D eigenvalue weighted by Gasteiger charge is 2.04. The van der Waals surface area contributed by atoms with Crippen molar-refractivity contribution in [2.24, 2.45) is 5.73 Å². The molecule has 0 saturated heterocycles. The van der Waals surface area contributed by atoms with Gasteiger partial charge in [-0.1, -0.05) is 0 Å². The van der Waals surface area contributed by atoms with E-state index < -0.39 is 16.1 Å². The van der Waals surface area contributed by atoms with Crippen LogP contribution in [-0.2, 0) is 14.9 Å². The van der Waals surface area contributed by atoms with E-state index in [1.165, 1.54) is 0 Å². The van der Waals surface area contributed by atoms with Crippen LogP contribution in [0.4, 0.5) is 0 Å². The van der Waals surface area contributed by atoms with Crippen molar-refractivity contribution in [2.45, 2.75) is 6.42 Å². The molecule has 3 N–H and O–H groups in total. The van der Waals surface area contributed by atoms with Crippen molar-refractivity contribution in [1.29, 1.82) is 0 Å². The summed E-state index contributed by atoms with van der Waals surface area (Å²) in [6.07, 6.45) is 0.318. The number of carbonyl (C=O) groups is 1. The molecular weight excluding hydrogens is 236 g/mol. The third-order valence-corrected chi connectivity index (χ3v) is 2.01. The fourth-order valence-corrected chi connectivity index (χ4v) is 1.18. The minimum atomic E-state index is -3.77. The molecule has 0 aliphatic rings. The Balaban J connectivity index is 0. The van der Waals surface area contributed by atoms with Crippen LogP contribution in [-0.4, -0.2) is 63.4 Å². The molecule has 0 aliphatic carbocycles. The zero-order chi connectivity index (χ0) is 13.4. The molecule has 0 aromatic carbocycles. The Labute approximate surface area is 96.2 Å². The minimum absolute atomic E-state index is 0.0694. The number of likely N-dealkylation sites (N-methyl/N-ethyl adjacent to an activating group) is 1. The molecule has 0 aromatic rings. The lowest BCUT2D eigenvalue weighted by Gasteiger charge is -2.23. The quantitative estimate of drug-likeness (QED) is 0.420. The standard InChI is InChI=1S/C5H11NO2.C3H9NO3S/c1-6(2,3)4-5(7)8;4-2-1-3-8(5,6)7/h4H2,1-3H3;1-4H2,(H,5,6,7). The largest absolute Gasteiger partial charge is 0.544 e. The molecule has 0 heterocycles. The Hall–Kier alpha value is -0.700. The average Bonchev–Trinajstić information content (AvgIpc) is 1.95. The molecule has 0 fully saturated rings. The number of carbonyl (C=O) groups excluding carboxylic acids is 1. The van der Waals surface area contributed by atoms with Gasteiger partial charge < -0.3 is 20.1 Å². The van der Waals surface area contributed by atoms with Gasteiger partial charge in [-0.3, -0.25) is 4.55 Å². The normalized spacial score (nSPS) is 11.6. The molecule has 0 radical (unpaired) electrons. The zero-order valence-electron chi connectivity index (χ0n) is 9.84. The molecule has 0 rings (SSSR count). The zero-order valence-corrected chi connectivity index (χ0v) is 10.7. The molecule has 0 unspecified atom stereocenters. The second kappa shape index (κ2) is 7.55. The Morgan fingerprint density at radius 3 is 1.88 bits per heavy atom. The summed E-state index contributed by atoms with van der Waals surface area (Å²) in [4.78, 5) is 9.89. The SMILES string of the molecule is C[N+](C)(C)CC(=O)[O-].NCCCS(=O)(=O)O. The molecule has 0 saturated carbocycles. The molecule has 0 spiro atoms. The fourth-order valence-electron chi connectivity index (χ4n) is 0.653. The first kappa shape index (κ1) is 17.7. The predicted molar refractivity (Wildman–Crippen MR) is 58.0 cm³/mol. The van der Waals surface area contributed by atoms with Crippen molar-refractivity contribution in [3.63, 3.8) is 0 Å². The van der Waals surface area contributed by atoms with Gasteiger partial charge in [0.1, 0.15) is 6.54 Å². The fraction of sp³-hybridized carbons (Fsp3) is 0.875. The van der Waals surface area contributed by atoms with E-state index in [0.717, 1.165) is 0 Å². The number of nitrogens with two attached hydrogens (primary N) is 1. The maximum Gasteiger partial charge on any atom is 0.264 e. The number of rotatable bonds is 5. The summed E-state index contributed by atoms with van der Waals surface area (Å²) in [7, 11) is 1.64. The van der Waals surface area contributed by atoms with E-state index >= 15 is 0 Å². The molecule has 0 bridgehead atoms. The predicted octanol–water partition coefficient (Wildman–Crippen LogP) is -2.33. The van der Waals surface area contributed by atoms with E-state index in [0.29, 0.717) is 17.4 Å². The van der Waals surface area contributed by atoms with Crippen molar-refractivity contribution in [3.05, 3.63) is 0 Å². The summed E-state index contributed by atoms with van der Waals surface area (Å²) < 4.78 is 28.3. The van der Waals surface area contributed by atoms with Gasteiger partial charge in [0.05, 0.1) is 32.9 Å². The highest BCUT2D eigenvalue weighted by molar-refractivity contribution is 7.85. The third kappa shape index (κ3) is 23.3. The Morgan fingerprint density at radius 1 is 1.38 bits per heavy atom. The second-order valence-electron chi connectivity index (χ2n) is 4.25. The maximum absolute atomic E-state index is 9.89. The number of carboxylic acids is 1. The van der Waals surface area contributed by atoms with Crippen molar-refractivity contribution in [1.82, 2.24) is 0 Å². The smallest absolute Gasteiger partial charge is 0.264 e. The van der Waals surface area contributed by atoms with Gasteiger partial charge in [0.2, 0.25) is 0 Å². The molecule has 16 heavy (non-hydrogen) atoms. The van der Waals surface area contributed by atoms with E-state index in [-0.39, 0.29) is 12.3 Å². The molecule has 0 atom stereocenters. The number of hydrogen-bond acceptors (Lipinski definition) is 5. The number of aliphatic carboxylic acids is 1. The van der Waals surface area contributed by atoms with Crippen molar-refractivity contribution in [3.8, 4) is 0 Å². The van der Waals surface area contributed by atoms with Crippen LogP contribution < -0.4 is 10.8 Å². The minimum Gasteiger partial charge on any atom is -0.544 e. The Morgan fingerprint density at radius 2 is 1.81 bits per heavy atom. The lowest BCUT2D eigenvalue weighted by molar-refractivity contribution is -0.864. The van der Waals surface area contributed by atoms with Gasteiger partial charge in [-0.25, -0.2) is 0 Å². The van der Waals surface area contributed by atoms with E-state index in [2.05, 4.69) is 0 Å². The summed E-state index contributed by atoms with van der Waals surface area (Å²) in [5, 5.41) is 9.89. The van der Waals surface area contributed by atoms with Crippen LogP contribution in [0.5, 0.6) is 0 Å².